The van der Waals surface area contributed by atoms with Crippen molar-refractivity contribution in [3.8, 4) is 50.2 Å². The van der Waals surface area contributed by atoms with Crippen LogP contribution < -0.4 is 0 Å². The van der Waals surface area contributed by atoms with E-state index >= 15 is 0 Å². The van der Waals surface area contributed by atoms with Gasteiger partial charge in [0.2, 0.25) is 0 Å². The summed E-state index contributed by atoms with van der Waals surface area (Å²) < 4.78 is 2.51. The minimum absolute atomic E-state index is 0.0556. The van der Waals surface area contributed by atoms with Crippen LogP contribution in [0, 0.1) is 13.8 Å². The lowest BCUT2D eigenvalue weighted by molar-refractivity contribution is 0.661. The molecule has 10 rings (SSSR count). The number of nitrogens with zero attached hydrogens (tertiary/aromatic N) is 1. The normalized spacial score (nSPS) is 13.8. The molecule has 0 bridgehead atoms. The lowest BCUT2D eigenvalue weighted by Crippen LogP contribution is -2.15. The molecule has 0 amide bonds. The zero-order valence-electron chi connectivity index (χ0n) is 28.4. The Balaban J connectivity index is 1.10. The number of aryl methyl sites for hydroxylation is 1. The molecule has 1 heterocycles. The van der Waals surface area contributed by atoms with Crippen LogP contribution in [-0.2, 0) is 11.8 Å². The first-order chi connectivity index (χ1) is 23.9. The van der Waals surface area contributed by atoms with E-state index in [4.69, 9.17) is 0 Å². The average molecular weight is 628 g/mol. The van der Waals surface area contributed by atoms with Gasteiger partial charge in [-0.1, -0.05) is 129 Å². The molecule has 0 radical (unpaired) electrons. The summed E-state index contributed by atoms with van der Waals surface area (Å²) >= 11 is 0. The van der Waals surface area contributed by atoms with Crippen LogP contribution >= 0.6 is 0 Å². The molecule has 234 valence electrons. The Labute approximate surface area is 288 Å². The van der Waals surface area contributed by atoms with Gasteiger partial charge >= 0.3 is 0 Å². The molecular formula is C48H37N. The third-order valence-corrected chi connectivity index (χ3v) is 11.6. The van der Waals surface area contributed by atoms with E-state index in [-0.39, 0.29) is 5.41 Å². The maximum absolute atomic E-state index is 2.51. The van der Waals surface area contributed by atoms with Gasteiger partial charge in [-0.3, -0.25) is 0 Å². The second-order valence-corrected chi connectivity index (χ2v) is 14.6. The minimum Gasteiger partial charge on any atom is -0.309 e. The fourth-order valence-electron chi connectivity index (χ4n) is 9.05. The molecule has 0 aliphatic heterocycles. The molecule has 7 aromatic carbocycles. The van der Waals surface area contributed by atoms with Crippen LogP contribution in [0.2, 0.25) is 0 Å². The van der Waals surface area contributed by atoms with E-state index < -0.39 is 0 Å². The summed E-state index contributed by atoms with van der Waals surface area (Å²) in [6.07, 6.45) is 1.01. The van der Waals surface area contributed by atoms with Gasteiger partial charge in [-0.05, 0) is 122 Å². The van der Waals surface area contributed by atoms with Gasteiger partial charge in [0.05, 0.1) is 11.0 Å². The summed E-state index contributed by atoms with van der Waals surface area (Å²) in [6, 6.07) is 52.4. The number of hydrogen-bond donors (Lipinski definition) is 0. The maximum Gasteiger partial charge on any atom is 0.0544 e. The van der Waals surface area contributed by atoms with Crippen LogP contribution in [0.25, 0.3) is 72.0 Å². The summed E-state index contributed by atoms with van der Waals surface area (Å²) in [5, 5.41) is 2.61. The highest BCUT2D eigenvalue weighted by molar-refractivity contribution is 6.12. The molecule has 0 spiro atoms. The van der Waals surface area contributed by atoms with E-state index in [2.05, 4.69) is 172 Å². The molecule has 2 aliphatic rings. The largest absolute Gasteiger partial charge is 0.309 e. The molecule has 0 N–H and O–H groups in total. The number of fused-ring (bicyclic) bond motifs is 9. The molecule has 1 nitrogen and oxygen atoms in total. The van der Waals surface area contributed by atoms with Crippen molar-refractivity contribution in [1.82, 2.24) is 4.57 Å². The van der Waals surface area contributed by atoms with Crippen molar-refractivity contribution in [1.29, 1.82) is 0 Å². The second kappa shape index (κ2) is 10.2. The SMILES string of the molecule is Cc1cc(-c2ccc3c(c2)Cc2ccccc2-3)ccc1-c1cccc(-n2c3ccccc3c3cc4c(cc32)C(C)(C)c2ccccc2-4)c1C. The summed E-state index contributed by atoms with van der Waals surface area (Å²) in [5.74, 6) is 0. The topological polar surface area (TPSA) is 4.93 Å². The zero-order valence-corrected chi connectivity index (χ0v) is 28.4. The van der Waals surface area contributed by atoms with Gasteiger partial charge < -0.3 is 4.57 Å². The van der Waals surface area contributed by atoms with Crippen molar-refractivity contribution in [3.63, 3.8) is 0 Å². The van der Waals surface area contributed by atoms with Gasteiger partial charge in [-0.25, -0.2) is 0 Å². The summed E-state index contributed by atoms with van der Waals surface area (Å²) in [5.41, 5.74) is 22.6. The summed E-state index contributed by atoms with van der Waals surface area (Å²) in [7, 11) is 0. The predicted octanol–water partition coefficient (Wildman–Crippen LogP) is 12.6. The second-order valence-electron chi connectivity index (χ2n) is 14.6. The van der Waals surface area contributed by atoms with Crippen molar-refractivity contribution in [3.05, 3.63) is 173 Å². The fraction of sp³-hybridized carbons (Fsp3) is 0.125. The number of benzene rings is 7. The molecule has 0 unspecified atom stereocenters. The quantitative estimate of drug-likeness (QED) is 0.184. The number of aromatic nitrogens is 1. The molecule has 1 heteroatoms. The minimum atomic E-state index is -0.0556. The third kappa shape index (κ3) is 3.99. The highest BCUT2D eigenvalue weighted by Gasteiger charge is 2.36. The molecule has 2 aliphatic carbocycles. The lowest BCUT2D eigenvalue weighted by atomic mass is 9.82. The first kappa shape index (κ1) is 28.4. The Morgan fingerprint density at radius 2 is 1.16 bits per heavy atom. The molecule has 1 aromatic heterocycles. The molecule has 0 atom stereocenters. The number of hydrogen-bond acceptors (Lipinski definition) is 0. The van der Waals surface area contributed by atoms with Crippen LogP contribution in [0.3, 0.4) is 0 Å². The van der Waals surface area contributed by atoms with Crippen molar-refractivity contribution >= 4 is 21.8 Å². The molecule has 0 saturated carbocycles. The Kier molecular flexibility index (Phi) is 5.89. The van der Waals surface area contributed by atoms with E-state index in [1.54, 1.807) is 0 Å². The van der Waals surface area contributed by atoms with Gasteiger partial charge in [-0.15, -0.1) is 0 Å². The van der Waals surface area contributed by atoms with E-state index in [0.717, 1.165) is 6.42 Å². The van der Waals surface area contributed by atoms with Crippen molar-refractivity contribution in [2.45, 2.75) is 39.5 Å². The van der Waals surface area contributed by atoms with E-state index in [1.165, 1.54) is 105 Å². The Morgan fingerprint density at radius 3 is 2.02 bits per heavy atom. The fourth-order valence-corrected chi connectivity index (χ4v) is 9.05. The Bertz CT molecular complexity index is 2680. The predicted molar refractivity (Wildman–Crippen MR) is 207 cm³/mol. The van der Waals surface area contributed by atoms with Crippen molar-refractivity contribution in [2.75, 3.05) is 0 Å². The smallest absolute Gasteiger partial charge is 0.0544 e. The van der Waals surface area contributed by atoms with Gasteiger partial charge in [0.15, 0.2) is 0 Å². The third-order valence-electron chi connectivity index (χ3n) is 11.6. The molecule has 0 saturated heterocycles. The molecular weight excluding hydrogens is 591 g/mol. The van der Waals surface area contributed by atoms with Gasteiger partial charge in [0, 0.05) is 21.9 Å². The molecule has 0 fully saturated rings. The van der Waals surface area contributed by atoms with Crippen LogP contribution in [0.1, 0.15) is 47.2 Å². The van der Waals surface area contributed by atoms with Crippen LogP contribution in [0.15, 0.2) is 140 Å². The van der Waals surface area contributed by atoms with Gasteiger partial charge in [-0.2, -0.15) is 0 Å². The number of para-hydroxylation sites is 1. The van der Waals surface area contributed by atoms with Crippen LogP contribution in [0.5, 0.6) is 0 Å². The van der Waals surface area contributed by atoms with Crippen molar-refractivity contribution in [2.24, 2.45) is 0 Å². The van der Waals surface area contributed by atoms with E-state index in [0.29, 0.717) is 0 Å². The number of rotatable bonds is 3. The maximum atomic E-state index is 2.51. The lowest BCUT2D eigenvalue weighted by Gasteiger charge is -2.22. The first-order valence-corrected chi connectivity index (χ1v) is 17.5. The standard InChI is InChI=1S/C48H37N/c1-29-24-31(32-21-23-38-34(25-32)26-33-12-5-6-13-37(33)38)20-22-35(29)36-16-11-19-45(30(36)2)49-46-18-10-8-15-40(46)42-27-41-39-14-7-9-17-43(39)48(3,4)44(41)28-47(42)49/h5-25,27-28H,26H2,1-4H3. The van der Waals surface area contributed by atoms with E-state index in [1.807, 2.05) is 0 Å². The van der Waals surface area contributed by atoms with Gasteiger partial charge in [0.1, 0.15) is 0 Å². The summed E-state index contributed by atoms with van der Waals surface area (Å²) in [4.78, 5) is 0. The first-order valence-electron chi connectivity index (χ1n) is 17.5. The van der Waals surface area contributed by atoms with Crippen molar-refractivity contribution < 1.29 is 0 Å². The van der Waals surface area contributed by atoms with Gasteiger partial charge in [0.25, 0.3) is 0 Å². The monoisotopic (exact) mass is 627 g/mol. The zero-order chi connectivity index (χ0) is 33.0. The Morgan fingerprint density at radius 1 is 0.469 bits per heavy atom. The molecule has 49 heavy (non-hydrogen) atoms. The highest BCUT2D eigenvalue weighted by atomic mass is 15.0. The summed E-state index contributed by atoms with van der Waals surface area (Å²) in [6.45, 7) is 9.30. The average Bonchev–Trinajstić information content (AvgIpc) is 3.73. The van der Waals surface area contributed by atoms with Crippen LogP contribution in [-0.4, -0.2) is 4.57 Å². The van der Waals surface area contributed by atoms with E-state index in [9.17, 15) is 0 Å². The van der Waals surface area contributed by atoms with Crippen LogP contribution in [0.4, 0.5) is 0 Å². The Hall–Kier alpha value is -5.66. The highest BCUT2D eigenvalue weighted by Crippen LogP contribution is 2.51. The molecule has 8 aromatic rings.